The summed E-state index contributed by atoms with van der Waals surface area (Å²) in [6.07, 6.45) is 3.02. The number of para-hydroxylation sites is 3. The van der Waals surface area contributed by atoms with Crippen LogP contribution >= 0.6 is 0 Å². The lowest BCUT2D eigenvalue weighted by atomic mass is 10.3. The van der Waals surface area contributed by atoms with Crippen LogP contribution in [0.2, 0.25) is 0 Å². The van der Waals surface area contributed by atoms with E-state index >= 15 is 0 Å². The fraction of sp³-hybridized carbons (Fsp3) is 0.150. The van der Waals surface area contributed by atoms with Crippen molar-refractivity contribution in [2.75, 3.05) is 10.6 Å². The van der Waals surface area contributed by atoms with Crippen LogP contribution in [0, 0.1) is 0 Å². The molecule has 1 amide bonds. The maximum absolute atomic E-state index is 12.2. The second kappa shape index (κ2) is 8.11. The number of aromatic nitrogens is 2. The van der Waals surface area contributed by atoms with Crippen LogP contribution < -0.4 is 15.4 Å². The number of carbonyl (C=O) groups is 1. The van der Waals surface area contributed by atoms with Gasteiger partial charge in [0.1, 0.15) is 17.3 Å². The molecule has 3 rings (SSSR count). The van der Waals surface area contributed by atoms with Crippen LogP contribution in [0.15, 0.2) is 67.0 Å². The fourth-order valence-corrected chi connectivity index (χ4v) is 2.29. The Bertz CT molecular complexity index is 864. The van der Waals surface area contributed by atoms with Gasteiger partial charge in [0.15, 0.2) is 0 Å². The molecule has 2 aromatic carbocycles. The van der Waals surface area contributed by atoms with E-state index in [1.54, 1.807) is 0 Å². The van der Waals surface area contributed by atoms with Crippen molar-refractivity contribution in [1.82, 2.24) is 9.97 Å². The van der Waals surface area contributed by atoms with Gasteiger partial charge in [-0.15, -0.1) is 0 Å². The van der Waals surface area contributed by atoms with Gasteiger partial charge >= 0.3 is 0 Å². The zero-order chi connectivity index (χ0) is 18.4. The average Bonchev–Trinajstić information content (AvgIpc) is 2.64. The minimum atomic E-state index is -0.307. The van der Waals surface area contributed by atoms with Crippen LogP contribution in [0.1, 0.15) is 24.3 Å². The molecule has 2 N–H and O–H groups in total. The van der Waals surface area contributed by atoms with Gasteiger partial charge in [0.2, 0.25) is 0 Å². The predicted molar refractivity (Wildman–Crippen MR) is 102 cm³/mol. The molecule has 3 aromatic rings. The van der Waals surface area contributed by atoms with Crippen LogP contribution in [0.5, 0.6) is 5.75 Å². The lowest BCUT2D eigenvalue weighted by Crippen LogP contribution is -2.14. The molecule has 6 nitrogen and oxygen atoms in total. The van der Waals surface area contributed by atoms with Crippen molar-refractivity contribution in [3.8, 4) is 5.75 Å². The van der Waals surface area contributed by atoms with E-state index in [-0.39, 0.29) is 17.7 Å². The van der Waals surface area contributed by atoms with Crippen LogP contribution in [-0.4, -0.2) is 22.0 Å². The van der Waals surface area contributed by atoms with Crippen molar-refractivity contribution >= 4 is 23.1 Å². The van der Waals surface area contributed by atoms with Crippen LogP contribution in [-0.2, 0) is 0 Å². The molecule has 0 atom stereocenters. The van der Waals surface area contributed by atoms with Crippen molar-refractivity contribution in [2.24, 2.45) is 0 Å². The van der Waals surface area contributed by atoms with E-state index < -0.39 is 0 Å². The molecule has 0 saturated heterocycles. The average molecular weight is 348 g/mol. The van der Waals surface area contributed by atoms with E-state index in [4.69, 9.17) is 4.74 Å². The van der Waals surface area contributed by atoms with Gasteiger partial charge in [-0.3, -0.25) is 4.79 Å². The van der Waals surface area contributed by atoms with E-state index in [1.807, 2.05) is 68.4 Å². The Morgan fingerprint density at radius 2 is 1.69 bits per heavy atom. The maximum Gasteiger partial charge on any atom is 0.275 e. The number of carbonyl (C=O) groups excluding carboxylic acids is 1. The van der Waals surface area contributed by atoms with Gasteiger partial charge in [0, 0.05) is 5.69 Å². The van der Waals surface area contributed by atoms with Crippen molar-refractivity contribution in [3.63, 3.8) is 0 Å². The molecular weight excluding hydrogens is 328 g/mol. The first-order chi connectivity index (χ1) is 12.6. The monoisotopic (exact) mass is 348 g/mol. The molecule has 0 radical (unpaired) electrons. The number of rotatable bonds is 6. The largest absolute Gasteiger partial charge is 0.489 e. The third-order valence-corrected chi connectivity index (χ3v) is 3.43. The van der Waals surface area contributed by atoms with Crippen molar-refractivity contribution in [3.05, 3.63) is 72.7 Å². The highest BCUT2D eigenvalue weighted by Crippen LogP contribution is 2.27. The molecule has 1 heterocycles. The summed E-state index contributed by atoms with van der Waals surface area (Å²) in [5.74, 6) is 0.954. The Balaban J connectivity index is 1.69. The quantitative estimate of drug-likeness (QED) is 0.696. The smallest absolute Gasteiger partial charge is 0.275 e. The third kappa shape index (κ3) is 4.57. The van der Waals surface area contributed by atoms with Crippen LogP contribution in [0.25, 0.3) is 0 Å². The lowest BCUT2D eigenvalue weighted by molar-refractivity contribution is 0.102. The van der Waals surface area contributed by atoms with E-state index in [0.29, 0.717) is 11.5 Å². The Hall–Kier alpha value is -3.41. The molecule has 0 aliphatic heterocycles. The molecule has 0 unspecified atom stereocenters. The first kappa shape index (κ1) is 17.4. The zero-order valence-electron chi connectivity index (χ0n) is 14.6. The molecule has 26 heavy (non-hydrogen) atoms. The van der Waals surface area contributed by atoms with Crippen molar-refractivity contribution < 1.29 is 9.53 Å². The number of nitrogens with zero attached hydrogens (tertiary/aromatic N) is 2. The normalized spacial score (nSPS) is 10.4. The highest BCUT2D eigenvalue weighted by Gasteiger charge is 2.10. The lowest BCUT2D eigenvalue weighted by Gasteiger charge is -2.15. The molecule has 0 aliphatic rings. The first-order valence-corrected chi connectivity index (χ1v) is 8.33. The van der Waals surface area contributed by atoms with Gasteiger partial charge in [-0.25, -0.2) is 9.97 Å². The Labute approximate surface area is 152 Å². The van der Waals surface area contributed by atoms with Crippen molar-refractivity contribution in [2.45, 2.75) is 20.0 Å². The molecule has 0 fully saturated rings. The Kier molecular flexibility index (Phi) is 5.43. The standard InChI is InChI=1S/C20H20N4O2/c1-14(2)26-18-11-7-6-10-16(18)24-19-13-21-17(12-22-19)20(25)23-15-8-4-3-5-9-15/h3-14H,1-2H3,(H,22,24)(H,23,25). The number of nitrogens with one attached hydrogen (secondary N) is 2. The summed E-state index contributed by atoms with van der Waals surface area (Å²) in [5, 5.41) is 5.94. The minimum Gasteiger partial charge on any atom is -0.489 e. The number of hydrogen-bond acceptors (Lipinski definition) is 5. The van der Waals surface area contributed by atoms with E-state index in [2.05, 4.69) is 20.6 Å². The SMILES string of the molecule is CC(C)Oc1ccccc1Nc1cnc(C(=O)Nc2ccccc2)cn1. The number of amides is 1. The molecule has 132 valence electrons. The van der Waals surface area contributed by atoms with Crippen molar-refractivity contribution in [1.29, 1.82) is 0 Å². The Morgan fingerprint density at radius 1 is 0.962 bits per heavy atom. The zero-order valence-corrected chi connectivity index (χ0v) is 14.6. The highest BCUT2D eigenvalue weighted by atomic mass is 16.5. The van der Waals surface area contributed by atoms with Crippen LogP contribution in [0.4, 0.5) is 17.2 Å². The van der Waals surface area contributed by atoms with Gasteiger partial charge in [0.25, 0.3) is 5.91 Å². The molecule has 0 spiro atoms. The summed E-state index contributed by atoms with van der Waals surface area (Å²) in [6.45, 7) is 3.94. The number of ether oxygens (including phenoxy) is 1. The number of hydrogen-bond donors (Lipinski definition) is 2. The summed E-state index contributed by atoms with van der Waals surface area (Å²) in [4.78, 5) is 20.7. The fourth-order valence-electron chi connectivity index (χ4n) is 2.29. The molecule has 6 heteroatoms. The summed E-state index contributed by atoms with van der Waals surface area (Å²) >= 11 is 0. The van der Waals surface area contributed by atoms with Gasteiger partial charge in [-0.1, -0.05) is 30.3 Å². The van der Waals surface area contributed by atoms with Gasteiger partial charge in [-0.2, -0.15) is 0 Å². The number of anilines is 3. The topological polar surface area (TPSA) is 76.1 Å². The minimum absolute atomic E-state index is 0.0630. The molecule has 1 aromatic heterocycles. The van der Waals surface area contributed by atoms with E-state index in [1.165, 1.54) is 12.4 Å². The summed E-state index contributed by atoms with van der Waals surface area (Å²) in [5.41, 5.74) is 1.74. The highest BCUT2D eigenvalue weighted by molar-refractivity contribution is 6.02. The molecular formula is C20H20N4O2. The van der Waals surface area contributed by atoms with E-state index in [9.17, 15) is 4.79 Å². The molecule has 0 aliphatic carbocycles. The molecule has 0 saturated carbocycles. The summed E-state index contributed by atoms with van der Waals surface area (Å²) in [6, 6.07) is 16.8. The summed E-state index contributed by atoms with van der Waals surface area (Å²) in [7, 11) is 0. The molecule has 0 bridgehead atoms. The maximum atomic E-state index is 12.2. The Morgan fingerprint density at radius 3 is 2.38 bits per heavy atom. The second-order valence-electron chi connectivity index (χ2n) is 5.89. The third-order valence-electron chi connectivity index (χ3n) is 3.43. The second-order valence-corrected chi connectivity index (χ2v) is 5.89. The number of benzene rings is 2. The van der Waals surface area contributed by atoms with Crippen LogP contribution in [0.3, 0.4) is 0 Å². The predicted octanol–water partition coefficient (Wildman–Crippen LogP) is 4.26. The van der Waals surface area contributed by atoms with E-state index in [0.717, 1.165) is 11.4 Å². The van der Waals surface area contributed by atoms with Gasteiger partial charge in [-0.05, 0) is 38.1 Å². The summed E-state index contributed by atoms with van der Waals surface area (Å²) < 4.78 is 5.77. The van der Waals surface area contributed by atoms with Gasteiger partial charge in [0.05, 0.1) is 24.2 Å². The first-order valence-electron chi connectivity index (χ1n) is 8.33. The van der Waals surface area contributed by atoms with Gasteiger partial charge < -0.3 is 15.4 Å².